The van der Waals surface area contributed by atoms with E-state index in [0.29, 0.717) is 6.61 Å². The van der Waals surface area contributed by atoms with Gasteiger partial charge in [0.2, 0.25) is 0 Å². The molecule has 4 heteroatoms. The summed E-state index contributed by atoms with van der Waals surface area (Å²) in [4.78, 5) is 4.21. The number of imidazole rings is 1. The summed E-state index contributed by atoms with van der Waals surface area (Å²) in [6.07, 6.45) is 4.56. The molecule has 1 aromatic carbocycles. The van der Waals surface area contributed by atoms with Crippen LogP contribution in [0.3, 0.4) is 0 Å². The second-order valence-electron chi connectivity index (χ2n) is 4.57. The maximum Gasteiger partial charge on any atom is 0.146 e. The van der Waals surface area contributed by atoms with Crippen molar-refractivity contribution in [2.75, 3.05) is 0 Å². The average molecular weight is 245 g/mol. The Labute approximate surface area is 107 Å². The fraction of sp³-hybridized carbons (Fsp3) is 0.357. The third-order valence-electron chi connectivity index (χ3n) is 2.77. The summed E-state index contributed by atoms with van der Waals surface area (Å²) in [7, 11) is 1.96. The lowest BCUT2D eigenvalue weighted by molar-refractivity contribution is 0.291. The summed E-state index contributed by atoms with van der Waals surface area (Å²) < 4.78 is 7.63. The minimum absolute atomic E-state index is 0.185. The molecule has 1 atom stereocenters. The summed E-state index contributed by atoms with van der Waals surface area (Å²) in [5.74, 6) is 1.76. The van der Waals surface area contributed by atoms with Gasteiger partial charge in [0.15, 0.2) is 0 Å². The number of nitrogens with zero attached hydrogens (tertiary/aromatic N) is 2. The van der Waals surface area contributed by atoms with E-state index in [1.165, 1.54) is 5.56 Å². The van der Waals surface area contributed by atoms with Crippen LogP contribution in [-0.4, -0.2) is 15.6 Å². The highest BCUT2D eigenvalue weighted by molar-refractivity contribution is 5.27. The van der Waals surface area contributed by atoms with Crippen LogP contribution >= 0.6 is 0 Å². The molecule has 0 amide bonds. The van der Waals surface area contributed by atoms with Crippen LogP contribution in [0.2, 0.25) is 0 Å². The molecule has 0 aliphatic heterocycles. The number of benzene rings is 1. The summed E-state index contributed by atoms with van der Waals surface area (Å²) >= 11 is 0. The van der Waals surface area contributed by atoms with Crippen molar-refractivity contribution < 1.29 is 4.74 Å². The summed E-state index contributed by atoms with van der Waals surface area (Å²) in [5.41, 5.74) is 6.99. The van der Waals surface area contributed by atoms with Gasteiger partial charge in [-0.1, -0.05) is 12.1 Å². The third-order valence-corrected chi connectivity index (χ3v) is 2.77. The fourth-order valence-corrected chi connectivity index (χ4v) is 1.78. The molecule has 0 saturated heterocycles. The van der Waals surface area contributed by atoms with E-state index in [4.69, 9.17) is 10.5 Å². The van der Waals surface area contributed by atoms with Crippen molar-refractivity contribution in [3.63, 3.8) is 0 Å². The van der Waals surface area contributed by atoms with Gasteiger partial charge in [0.25, 0.3) is 0 Å². The molecule has 18 heavy (non-hydrogen) atoms. The zero-order valence-corrected chi connectivity index (χ0v) is 10.8. The standard InChI is InChI=1S/C14H19N3O/c1-11(15)9-12-3-5-13(6-4-12)18-10-14-16-7-8-17(14)2/h3-8,11H,9-10,15H2,1-2H3. The highest BCUT2D eigenvalue weighted by Gasteiger charge is 2.02. The molecule has 0 spiro atoms. The first-order valence-electron chi connectivity index (χ1n) is 6.08. The van der Waals surface area contributed by atoms with Gasteiger partial charge in [-0.15, -0.1) is 0 Å². The Balaban J connectivity index is 1.92. The van der Waals surface area contributed by atoms with E-state index in [9.17, 15) is 0 Å². The number of hydrogen-bond donors (Lipinski definition) is 1. The van der Waals surface area contributed by atoms with Crippen LogP contribution in [0, 0.1) is 0 Å². The fourth-order valence-electron chi connectivity index (χ4n) is 1.78. The Kier molecular flexibility index (Phi) is 3.99. The van der Waals surface area contributed by atoms with Crippen LogP contribution in [0.25, 0.3) is 0 Å². The Morgan fingerprint density at radius 1 is 1.33 bits per heavy atom. The molecule has 0 radical (unpaired) electrons. The Morgan fingerprint density at radius 2 is 2.06 bits per heavy atom. The van der Waals surface area contributed by atoms with E-state index in [-0.39, 0.29) is 6.04 Å². The van der Waals surface area contributed by atoms with Crippen LogP contribution < -0.4 is 10.5 Å². The maximum atomic E-state index is 5.76. The first kappa shape index (κ1) is 12.6. The van der Waals surface area contributed by atoms with Gasteiger partial charge in [-0.05, 0) is 31.0 Å². The van der Waals surface area contributed by atoms with E-state index in [1.54, 1.807) is 6.20 Å². The van der Waals surface area contributed by atoms with Crippen molar-refractivity contribution in [3.8, 4) is 5.75 Å². The number of hydrogen-bond acceptors (Lipinski definition) is 3. The lowest BCUT2D eigenvalue weighted by Crippen LogP contribution is -2.17. The van der Waals surface area contributed by atoms with Crippen LogP contribution in [0.15, 0.2) is 36.7 Å². The summed E-state index contributed by atoms with van der Waals surface area (Å²) in [6.45, 7) is 2.49. The zero-order valence-electron chi connectivity index (χ0n) is 10.8. The third kappa shape index (κ3) is 3.34. The van der Waals surface area contributed by atoms with Crippen molar-refractivity contribution in [1.82, 2.24) is 9.55 Å². The van der Waals surface area contributed by atoms with Crippen molar-refractivity contribution >= 4 is 0 Å². The maximum absolute atomic E-state index is 5.76. The minimum Gasteiger partial charge on any atom is -0.486 e. The van der Waals surface area contributed by atoms with Gasteiger partial charge in [0.05, 0.1) is 0 Å². The number of aromatic nitrogens is 2. The number of nitrogens with two attached hydrogens (primary N) is 1. The molecule has 0 bridgehead atoms. The lowest BCUT2D eigenvalue weighted by atomic mass is 10.1. The Hall–Kier alpha value is -1.81. The molecular formula is C14H19N3O. The predicted octanol–water partition coefficient (Wildman–Crippen LogP) is 1.89. The van der Waals surface area contributed by atoms with Gasteiger partial charge < -0.3 is 15.0 Å². The number of aryl methyl sites for hydroxylation is 1. The molecule has 0 saturated carbocycles. The van der Waals surface area contributed by atoms with E-state index < -0.39 is 0 Å². The van der Waals surface area contributed by atoms with Gasteiger partial charge in [-0.3, -0.25) is 0 Å². The smallest absolute Gasteiger partial charge is 0.146 e. The predicted molar refractivity (Wildman–Crippen MR) is 71.3 cm³/mol. The number of rotatable bonds is 5. The SMILES string of the molecule is CC(N)Cc1ccc(OCc2nccn2C)cc1. The van der Waals surface area contributed by atoms with Crippen LogP contribution in [0.1, 0.15) is 18.3 Å². The Bertz CT molecular complexity index is 488. The molecule has 2 rings (SSSR count). The molecule has 1 heterocycles. The van der Waals surface area contributed by atoms with Gasteiger partial charge in [0, 0.05) is 25.5 Å². The first-order chi connectivity index (χ1) is 8.65. The Morgan fingerprint density at radius 3 is 2.61 bits per heavy atom. The molecule has 0 aliphatic rings. The molecule has 96 valence electrons. The van der Waals surface area contributed by atoms with Crippen molar-refractivity contribution in [2.24, 2.45) is 12.8 Å². The van der Waals surface area contributed by atoms with Crippen molar-refractivity contribution in [2.45, 2.75) is 26.0 Å². The topological polar surface area (TPSA) is 53.1 Å². The molecule has 2 aromatic rings. The van der Waals surface area contributed by atoms with Gasteiger partial charge in [-0.2, -0.15) is 0 Å². The second kappa shape index (κ2) is 5.69. The molecule has 0 aliphatic carbocycles. The van der Waals surface area contributed by atoms with Crippen LogP contribution in [0.5, 0.6) is 5.75 Å². The minimum atomic E-state index is 0.185. The highest BCUT2D eigenvalue weighted by atomic mass is 16.5. The van der Waals surface area contributed by atoms with Crippen molar-refractivity contribution in [3.05, 3.63) is 48.0 Å². The van der Waals surface area contributed by atoms with E-state index in [0.717, 1.165) is 18.0 Å². The van der Waals surface area contributed by atoms with E-state index in [1.807, 2.05) is 36.9 Å². The molecule has 4 nitrogen and oxygen atoms in total. The average Bonchev–Trinajstić information content (AvgIpc) is 2.73. The zero-order chi connectivity index (χ0) is 13.0. The van der Waals surface area contributed by atoms with Crippen molar-refractivity contribution in [1.29, 1.82) is 0 Å². The molecular weight excluding hydrogens is 226 g/mol. The largest absolute Gasteiger partial charge is 0.486 e. The number of ether oxygens (including phenoxy) is 1. The molecule has 1 unspecified atom stereocenters. The molecule has 0 fully saturated rings. The van der Waals surface area contributed by atoms with E-state index >= 15 is 0 Å². The van der Waals surface area contributed by atoms with Gasteiger partial charge in [-0.25, -0.2) is 4.98 Å². The summed E-state index contributed by atoms with van der Waals surface area (Å²) in [6, 6.07) is 8.24. The highest BCUT2D eigenvalue weighted by Crippen LogP contribution is 2.14. The second-order valence-corrected chi connectivity index (χ2v) is 4.57. The van der Waals surface area contributed by atoms with Crippen LogP contribution in [-0.2, 0) is 20.1 Å². The van der Waals surface area contributed by atoms with E-state index in [2.05, 4.69) is 17.1 Å². The quantitative estimate of drug-likeness (QED) is 0.875. The monoisotopic (exact) mass is 245 g/mol. The van der Waals surface area contributed by atoms with Crippen LogP contribution in [0.4, 0.5) is 0 Å². The molecule has 2 N–H and O–H groups in total. The summed E-state index contributed by atoms with van der Waals surface area (Å²) in [5, 5.41) is 0. The van der Waals surface area contributed by atoms with Gasteiger partial charge >= 0.3 is 0 Å². The molecule has 1 aromatic heterocycles. The first-order valence-corrected chi connectivity index (χ1v) is 6.08. The van der Waals surface area contributed by atoms with Gasteiger partial charge in [0.1, 0.15) is 18.2 Å². The normalized spacial score (nSPS) is 12.4. The lowest BCUT2D eigenvalue weighted by Gasteiger charge is -2.08.